The maximum atomic E-state index is 4.26. The molecule has 0 aromatic carbocycles. The summed E-state index contributed by atoms with van der Waals surface area (Å²) in [4.78, 5) is 0. The van der Waals surface area contributed by atoms with Gasteiger partial charge in [0.15, 0.2) is 0 Å². The van der Waals surface area contributed by atoms with Gasteiger partial charge in [-0.25, -0.2) is 0 Å². The molecule has 1 atom stereocenters. The number of likely N-dealkylation sites (N-methyl/N-ethyl adjacent to an activating group) is 1. The summed E-state index contributed by atoms with van der Waals surface area (Å²) in [6.07, 6.45) is 8.90. The monoisotopic (exact) mass is 150 g/mol. The zero-order chi connectivity index (χ0) is 8.10. The van der Waals surface area contributed by atoms with Gasteiger partial charge in [-0.15, -0.1) is 0 Å². The van der Waals surface area contributed by atoms with Gasteiger partial charge < -0.3 is 10.6 Å². The molecule has 0 amide bonds. The molecule has 2 heteroatoms. The molecular weight excluding hydrogens is 136 g/mol. The molecule has 0 radical (unpaired) electrons. The average molecular weight is 150 g/mol. The lowest BCUT2D eigenvalue weighted by molar-refractivity contribution is 0.623. The highest BCUT2D eigenvalue weighted by Crippen LogP contribution is 2.18. The smallest absolute Gasteiger partial charge is 0.0170 e. The zero-order valence-electron chi connectivity index (χ0n) is 7.04. The Hall–Kier alpha value is -0.890. The fraction of sp³-hybridized carbons (Fsp3) is 0.444. The van der Waals surface area contributed by atoms with Crippen molar-refractivity contribution in [3.05, 3.63) is 35.8 Å². The number of allylic oxidation sites excluding steroid dienone is 2. The van der Waals surface area contributed by atoms with Crippen LogP contribution >= 0.6 is 0 Å². The van der Waals surface area contributed by atoms with Gasteiger partial charge in [-0.1, -0.05) is 6.92 Å². The van der Waals surface area contributed by atoms with Gasteiger partial charge in [0.05, 0.1) is 0 Å². The van der Waals surface area contributed by atoms with Gasteiger partial charge in [0.25, 0.3) is 0 Å². The molecule has 1 rings (SSSR count). The molecule has 0 saturated heterocycles. The topological polar surface area (TPSA) is 26.1 Å². The molecule has 0 aliphatic carbocycles. The minimum atomic E-state index is 0.399. The highest BCUT2D eigenvalue weighted by atomic mass is 15.0. The number of rotatable bonds is 3. The van der Waals surface area contributed by atoms with E-state index in [1.165, 1.54) is 0 Å². The van der Waals surface area contributed by atoms with Crippen LogP contribution in [0.1, 0.15) is 13.3 Å². The van der Waals surface area contributed by atoms with Crippen molar-refractivity contribution >= 4 is 0 Å². The van der Waals surface area contributed by atoms with Crippen molar-refractivity contribution in [3.63, 3.8) is 0 Å². The quantitative estimate of drug-likeness (QED) is 0.612. The second-order valence-corrected chi connectivity index (χ2v) is 2.50. The van der Waals surface area contributed by atoms with Crippen LogP contribution < -0.4 is 5.32 Å². The number of nitrogens with one attached hydrogen (secondary N) is 1. The second kappa shape index (κ2) is 4.09. The predicted molar refractivity (Wildman–Crippen MR) is 48.0 cm³/mol. The predicted octanol–water partition coefficient (Wildman–Crippen LogP) is 1.97. The van der Waals surface area contributed by atoms with Crippen LogP contribution in [0.15, 0.2) is 24.0 Å². The van der Waals surface area contributed by atoms with Crippen molar-refractivity contribution < 1.29 is 0 Å². The maximum absolute atomic E-state index is 4.26. The van der Waals surface area contributed by atoms with Crippen molar-refractivity contribution in [3.8, 4) is 0 Å². The van der Waals surface area contributed by atoms with Gasteiger partial charge in [-0.3, -0.25) is 11.9 Å². The standard InChI is InChI=1S/C9H14N2/c1-3-8(10-2)9-6-4-5-7-11-9/h4-8,10H,3H2,1-2H3/q-2. The molecule has 0 spiro atoms. The van der Waals surface area contributed by atoms with Crippen LogP contribution in [0.2, 0.25) is 0 Å². The maximum Gasteiger partial charge on any atom is -0.0170 e. The van der Waals surface area contributed by atoms with E-state index in [0.29, 0.717) is 6.04 Å². The fourth-order valence-electron chi connectivity index (χ4n) is 1.14. The van der Waals surface area contributed by atoms with Gasteiger partial charge >= 0.3 is 0 Å². The number of hydrogen-bond donors (Lipinski definition) is 1. The van der Waals surface area contributed by atoms with Crippen molar-refractivity contribution in [1.29, 1.82) is 0 Å². The Balaban J connectivity index is 2.50. The van der Waals surface area contributed by atoms with Crippen molar-refractivity contribution in [1.82, 2.24) is 5.32 Å². The third-order valence-electron chi connectivity index (χ3n) is 1.80. The van der Waals surface area contributed by atoms with Crippen molar-refractivity contribution in [2.45, 2.75) is 19.4 Å². The summed E-state index contributed by atoms with van der Waals surface area (Å²) in [5, 5.41) is 7.46. The zero-order valence-corrected chi connectivity index (χ0v) is 7.04. The molecular formula is C9H14N2-2. The second-order valence-electron chi connectivity index (χ2n) is 2.50. The molecule has 62 valence electrons. The molecule has 2 nitrogen and oxygen atoms in total. The molecule has 0 aromatic rings. The number of hydrogen-bond acceptors (Lipinski definition) is 1. The summed E-state index contributed by atoms with van der Waals surface area (Å²) in [6.45, 7) is 2.15. The van der Waals surface area contributed by atoms with Gasteiger partial charge in [0.1, 0.15) is 0 Å². The van der Waals surface area contributed by atoms with E-state index in [2.05, 4.69) is 17.6 Å². The summed E-state index contributed by atoms with van der Waals surface area (Å²) in [5.74, 6) is 0. The first-order chi connectivity index (χ1) is 5.38. The van der Waals surface area contributed by atoms with E-state index in [4.69, 9.17) is 0 Å². The van der Waals surface area contributed by atoms with Gasteiger partial charge in [0, 0.05) is 0 Å². The van der Waals surface area contributed by atoms with Gasteiger partial charge in [-0.05, 0) is 19.5 Å². The molecule has 1 unspecified atom stereocenters. The van der Waals surface area contributed by atoms with E-state index >= 15 is 0 Å². The Kier molecular flexibility index (Phi) is 3.05. The van der Waals surface area contributed by atoms with Gasteiger partial charge in [-0.2, -0.15) is 18.6 Å². The van der Waals surface area contributed by atoms with Crippen molar-refractivity contribution in [2.75, 3.05) is 7.05 Å². The first-order valence-electron chi connectivity index (χ1n) is 3.96. The minimum Gasteiger partial charge on any atom is -0.781 e. The van der Waals surface area contributed by atoms with E-state index in [-0.39, 0.29) is 0 Å². The van der Waals surface area contributed by atoms with E-state index in [9.17, 15) is 0 Å². The summed E-state index contributed by atoms with van der Waals surface area (Å²) in [6, 6.07) is 0.399. The van der Waals surface area contributed by atoms with Gasteiger partial charge in [0.2, 0.25) is 0 Å². The van der Waals surface area contributed by atoms with Crippen LogP contribution in [0.4, 0.5) is 0 Å². The normalized spacial score (nSPS) is 18.2. The highest BCUT2D eigenvalue weighted by Gasteiger charge is 1.94. The third kappa shape index (κ3) is 2.02. The van der Waals surface area contributed by atoms with E-state index in [1.54, 1.807) is 0 Å². The molecule has 1 heterocycles. The summed E-state index contributed by atoms with van der Waals surface area (Å²) in [5.41, 5.74) is 1.12. The fourth-order valence-corrected chi connectivity index (χ4v) is 1.14. The Bertz CT molecular complexity index is 166. The Labute approximate surface area is 68.4 Å². The average Bonchev–Trinajstić information content (AvgIpc) is 2.09. The van der Waals surface area contributed by atoms with Crippen LogP contribution in [-0.4, -0.2) is 13.1 Å². The molecule has 0 aromatic heterocycles. The molecule has 1 aliphatic rings. The lowest BCUT2D eigenvalue weighted by Gasteiger charge is -2.40. The third-order valence-corrected chi connectivity index (χ3v) is 1.80. The Morgan fingerprint density at radius 3 is 3.00 bits per heavy atom. The largest absolute Gasteiger partial charge is 0.781 e. The first-order valence-corrected chi connectivity index (χ1v) is 3.96. The lowest BCUT2D eigenvalue weighted by atomic mass is 10.1. The van der Waals surface area contributed by atoms with Crippen LogP contribution in [-0.2, 0) is 0 Å². The van der Waals surface area contributed by atoms with Crippen LogP contribution in [0.5, 0.6) is 0 Å². The van der Waals surface area contributed by atoms with E-state index in [1.807, 2.05) is 31.8 Å². The van der Waals surface area contributed by atoms with Crippen LogP contribution in [0, 0.1) is 6.42 Å². The first kappa shape index (κ1) is 8.21. The molecule has 1 aliphatic heterocycles. The van der Waals surface area contributed by atoms with Crippen LogP contribution in [0.3, 0.4) is 0 Å². The number of nitrogens with zero attached hydrogens (tertiary/aromatic N) is 1. The highest BCUT2D eigenvalue weighted by molar-refractivity contribution is 5.38. The molecule has 0 fully saturated rings. The molecule has 11 heavy (non-hydrogen) atoms. The van der Waals surface area contributed by atoms with Crippen LogP contribution in [0.25, 0.3) is 5.32 Å². The Morgan fingerprint density at radius 1 is 1.73 bits per heavy atom. The summed E-state index contributed by atoms with van der Waals surface area (Å²) < 4.78 is 0. The van der Waals surface area contributed by atoms with Crippen molar-refractivity contribution in [2.24, 2.45) is 0 Å². The molecule has 0 bridgehead atoms. The molecule has 0 saturated carbocycles. The minimum absolute atomic E-state index is 0.399. The summed E-state index contributed by atoms with van der Waals surface area (Å²) >= 11 is 0. The molecule has 1 N–H and O–H groups in total. The SMILES string of the molecule is CCC(NC)C1=C[CH-]C=C[N-]1. The summed E-state index contributed by atoms with van der Waals surface area (Å²) in [7, 11) is 1.96. The Morgan fingerprint density at radius 2 is 2.55 bits per heavy atom. The lowest BCUT2D eigenvalue weighted by Crippen LogP contribution is -2.26. The van der Waals surface area contributed by atoms with E-state index < -0.39 is 0 Å². The van der Waals surface area contributed by atoms with E-state index in [0.717, 1.165) is 12.1 Å².